The molecule has 2 aromatic rings. The van der Waals surface area contributed by atoms with E-state index in [1.807, 2.05) is 15.6 Å². The van der Waals surface area contributed by atoms with Crippen LogP contribution in [0.2, 0.25) is 5.02 Å². The van der Waals surface area contributed by atoms with Crippen molar-refractivity contribution < 1.29 is 9.59 Å². The van der Waals surface area contributed by atoms with Gasteiger partial charge in [-0.3, -0.25) is 9.59 Å². The third-order valence-corrected chi connectivity index (χ3v) is 6.09. The zero-order chi connectivity index (χ0) is 19.5. The molecule has 1 saturated heterocycles. The van der Waals surface area contributed by atoms with Gasteiger partial charge in [-0.05, 0) is 49.9 Å². The Balaban J connectivity index is 1.36. The number of aromatic nitrogens is 2. The van der Waals surface area contributed by atoms with Crippen LogP contribution in [0.1, 0.15) is 54.9 Å². The van der Waals surface area contributed by atoms with Crippen LogP contribution in [0, 0.1) is 5.92 Å². The smallest absolute Gasteiger partial charge is 0.253 e. The number of nitrogens with one attached hydrogen (secondary N) is 1. The average Bonchev–Trinajstić information content (AvgIpc) is 3.40. The molecule has 2 amide bonds. The largest absolute Gasteiger partial charge is 0.338 e. The lowest BCUT2D eigenvalue weighted by molar-refractivity contribution is -0.119. The SMILES string of the molecule is O=C(Nc1ccnn1C1CCN(C(=O)c2ccc(Cl)cc2)CC1)C1CCCC1. The number of hydrogen-bond donors (Lipinski definition) is 1. The van der Waals surface area contributed by atoms with Gasteiger partial charge in [0.15, 0.2) is 0 Å². The number of anilines is 1. The molecule has 148 valence electrons. The monoisotopic (exact) mass is 400 g/mol. The molecule has 0 unspecified atom stereocenters. The molecule has 1 saturated carbocycles. The third kappa shape index (κ3) is 4.07. The maximum atomic E-state index is 12.7. The van der Waals surface area contributed by atoms with E-state index in [2.05, 4.69) is 10.4 Å². The van der Waals surface area contributed by atoms with E-state index in [4.69, 9.17) is 11.6 Å². The Bertz CT molecular complexity index is 834. The summed E-state index contributed by atoms with van der Waals surface area (Å²) in [4.78, 5) is 27.0. The van der Waals surface area contributed by atoms with Crippen molar-refractivity contribution in [2.45, 2.75) is 44.6 Å². The summed E-state index contributed by atoms with van der Waals surface area (Å²) < 4.78 is 1.91. The van der Waals surface area contributed by atoms with Crippen LogP contribution in [0.3, 0.4) is 0 Å². The van der Waals surface area contributed by atoms with Crippen molar-refractivity contribution in [3.05, 3.63) is 47.1 Å². The van der Waals surface area contributed by atoms with Crippen LogP contribution in [0.25, 0.3) is 0 Å². The van der Waals surface area contributed by atoms with Gasteiger partial charge in [0.25, 0.3) is 5.91 Å². The molecule has 0 bridgehead atoms. The van der Waals surface area contributed by atoms with Gasteiger partial charge in [-0.25, -0.2) is 4.68 Å². The second-order valence-corrected chi connectivity index (χ2v) is 8.10. The number of hydrogen-bond acceptors (Lipinski definition) is 3. The summed E-state index contributed by atoms with van der Waals surface area (Å²) in [6.45, 7) is 1.34. The molecule has 1 aliphatic carbocycles. The fraction of sp³-hybridized carbons (Fsp3) is 0.476. The number of carbonyl (C=O) groups excluding carboxylic acids is 2. The average molecular weight is 401 g/mol. The zero-order valence-electron chi connectivity index (χ0n) is 15.8. The molecule has 2 fully saturated rings. The molecule has 1 aromatic carbocycles. The van der Waals surface area contributed by atoms with Crippen LogP contribution in [0.5, 0.6) is 0 Å². The predicted molar refractivity (Wildman–Crippen MR) is 108 cm³/mol. The third-order valence-electron chi connectivity index (χ3n) is 5.84. The first-order chi connectivity index (χ1) is 13.6. The van der Waals surface area contributed by atoms with Crippen LogP contribution in [0.4, 0.5) is 5.82 Å². The van der Waals surface area contributed by atoms with E-state index in [9.17, 15) is 9.59 Å². The number of halogens is 1. The molecular formula is C21H25ClN4O2. The number of nitrogens with zero attached hydrogens (tertiary/aromatic N) is 3. The summed E-state index contributed by atoms with van der Waals surface area (Å²) in [7, 11) is 0. The molecule has 7 heteroatoms. The van der Waals surface area contributed by atoms with Crippen LogP contribution >= 0.6 is 11.6 Å². The number of amides is 2. The fourth-order valence-electron chi connectivity index (χ4n) is 4.21. The lowest BCUT2D eigenvalue weighted by Gasteiger charge is -2.33. The maximum Gasteiger partial charge on any atom is 0.253 e. The minimum Gasteiger partial charge on any atom is -0.338 e. The molecule has 2 aliphatic rings. The Kier molecular flexibility index (Phi) is 5.67. The number of rotatable bonds is 4. The van der Waals surface area contributed by atoms with E-state index in [1.165, 1.54) is 0 Å². The van der Waals surface area contributed by atoms with Crippen molar-refractivity contribution in [3.63, 3.8) is 0 Å². The summed E-state index contributed by atoms with van der Waals surface area (Å²) >= 11 is 5.91. The van der Waals surface area contributed by atoms with E-state index >= 15 is 0 Å². The highest BCUT2D eigenvalue weighted by molar-refractivity contribution is 6.30. The first kappa shape index (κ1) is 19.0. The Morgan fingerprint density at radius 2 is 1.68 bits per heavy atom. The first-order valence-electron chi connectivity index (χ1n) is 10.0. The van der Waals surface area contributed by atoms with Gasteiger partial charge >= 0.3 is 0 Å². The van der Waals surface area contributed by atoms with Crippen molar-refractivity contribution >= 4 is 29.2 Å². The van der Waals surface area contributed by atoms with Gasteiger partial charge in [0.2, 0.25) is 5.91 Å². The summed E-state index contributed by atoms with van der Waals surface area (Å²) in [5.74, 6) is 1.03. The van der Waals surface area contributed by atoms with E-state index in [1.54, 1.807) is 30.5 Å². The minimum absolute atomic E-state index is 0.0327. The lowest BCUT2D eigenvalue weighted by atomic mass is 10.0. The van der Waals surface area contributed by atoms with Crippen LogP contribution in [-0.4, -0.2) is 39.6 Å². The zero-order valence-corrected chi connectivity index (χ0v) is 16.6. The second kappa shape index (κ2) is 8.35. The Hall–Kier alpha value is -2.34. The van der Waals surface area contributed by atoms with Crippen LogP contribution in [0.15, 0.2) is 36.5 Å². The maximum absolute atomic E-state index is 12.7. The molecule has 6 nitrogen and oxygen atoms in total. The van der Waals surface area contributed by atoms with Crippen molar-refractivity contribution in [1.29, 1.82) is 0 Å². The van der Waals surface area contributed by atoms with E-state index in [0.29, 0.717) is 23.7 Å². The quantitative estimate of drug-likeness (QED) is 0.838. The number of piperidine rings is 1. The highest BCUT2D eigenvalue weighted by atomic mass is 35.5. The topological polar surface area (TPSA) is 67.2 Å². The molecule has 1 aromatic heterocycles. The molecule has 0 radical (unpaired) electrons. The molecule has 0 atom stereocenters. The van der Waals surface area contributed by atoms with Gasteiger partial charge < -0.3 is 10.2 Å². The van der Waals surface area contributed by atoms with Gasteiger partial charge in [0.05, 0.1) is 12.2 Å². The van der Waals surface area contributed by atoms with Gasteiger partial charge in [-0.1, -0.05) is 24.4 Å². The summed E-state index contributed by atoms with van der Waals surface area (Å²) in [6, 6.07) is 9.05. The molecule has 4 rings (SSSR count). The van der Waals surface area contributed by atoms with E-state index < -0.39 is 0 Å². The van der Waals surface area contributed by atoms with Crippen LogP contribution < -0.4 is 5.32 Å². The Morgan fingerprint density at radius 1 is 1.00 bits per heavy atom. The highest BCUT2D eigenvalue weighted by Gasteiger charge is 2.28. The number of benzene rings is 1. The standard InChI is InChI=1S/C21H25ClN4O2/c22-17-7-5-16(6-8-17)21(28)25-13-10-18(11-14-25)26-19(9-12-23-26)24-20(27)15-3-1-2-4-15/h5-9,12,15,18H,1-4,10-11,13-14H2,(H,24,27). The summed E-state index contributed by atoms with van der Waals surface area (Å²) in [6.07, 6.45) is 7.58. The van der Waals surface area contributed by atoms with E-state index in [0.717, 1.165) is 44.3 Å². The number of carbonyl (C=O) groups is 2. The molecule has 2 heterocycles. The van der Waals surface area contributed by atoms with Gasteiger partial charge in [-0.15, -0.1) is 0 Å². The first-order valence-corrected chi connectivity index (χ1v) is 10.4. The molecule has 1 N–H and O–H groups in total. The Morgan fingerprint density at radius 3 is 2.36 bits per heavy atom. The number of likely N-dealkylation sites (tertiary alicyclic amines) is 1. The second-order valence-electron chi connectivity index (χ2n) is 7.66. The lowest BCUT2D eigenvalue weighted by Crippen LogP contribution is -2.39. The van der Waals surface area contributed by atoms with Crippen molar-refractivity contribution in [2.24, 2.45) is 5.92 Å². The van der Waals surface area contributed by atoms with Gasteiger partial charge in [0, 0.05) is 35.7 Å². The molecular weight excluding hydrogens is 376 g/mol. The molecule has 0 spiro atoms. The van der Waals surface area contributed by atoms with Crippen molar-refractivity contribution in [1.82, 2.24) is 14.7 Å². The molecule has 28 heavy (non-hydrogen) atoms. The fourth-order valence-corrected chi connectivity index (χ4v) is 4.34. The Labute approximate surface area is 169 Å². The van der Waals surface area contributed by atoms with Crippen molar-refractivity contribution in [3.8, 4) is 0 Å². The molecule has 1 aliphatic heterocycles. The van der Waals surface area contributed by atoms with E-state index in [-0.39, 0.29) is 23.8 Å². The normalized spacial score (nSPS) is 18.4. The van der Waals surface area contributed by atoms with Crippen LogP contribution in [-0.2, 0) is 4.79 Å². The van der Waals surface area contributed by atoms with Gasteiger partial charge in [-0.2, -0.15) is 5.10 Å². The predicted octanol–water partition coefficient (Wildman–Crippen LogP) is 4.14. The summed E-state index contributed by atoms with van der Waals surface area (Å²) in [5.41, 5.74) is 0.659. The van der Waals surface area contributed by atoms with Gasteiger partial charge in [0.1, 0.15) is 5.82 Å². The van der Waals surface area contributed by atoms with Crippen molar-refractivity contribution in [2.75, 3.05) is 18.4 Å². The minimum atomic E-state index is 0.0327. The summed E-state index contributed by atoms with van der Waals surface area (Å²) in [5, 5.41) is 8.13. The highest BCUT2D eigenvalue weighted by Crippen LogP contribution is 2.29.